The molecule has 0 bridgehead atoms. The molecule has 0 saturated heterocycles. The minimum atomic E-state index is 0.0322. The Morgan fingerprint density at radius 1 is 0.789 bits per heavy atom. The van der Waals surface area contributed by atoms with Gasteiger partial charge in [-0.3, -0.25) is 0 Å². The highest BCUT2D eigenvalue weighted by molar-refractivity contribution is 6.08. The van der Waals surface area contributed by atoms with Gasteiger partial charge in [0.25, 0.3) is 0 Å². The number of benzene rings is 2. The largest absolute Gasteiger partial charge is 0.356 e. The van der Waals surface area contributed by atoms with E-state index < -0.39 is 0 Å². The molecule has 2 aromatic carbocycles. The van der Waals surface area contributed by atoms with Crippen LogP contribution in [0.5, 0.6) is 0 Å². The molecule has 1 heterocycles. The molecule has 0 amide bonds. The van der Waals surface area contributed by atoms with Gasteiger partial charge in [0, 0.05) is 10.8 Å². The summed E-state index contributed by atoms with van der Waals surface area (Å²) in [5.41, 5.74) is 2.47. The first-order valence-electron chi connectivity index (χ1n) is 6.81. The first-order chi connectivity index (χ1) is 9.18. The van der Waals surface area contributed by atoms with Crippen LogP contribution in [0.1, 0.15) is 27.0 Å². The Hall–Kier alpha value is -1.80. The molecule has 98 valence electrons. The van der Waals surface area contributed by atoms with E-state index in [1.54, 1.807) is 0 Å². The van der Waals surface area contributed by atoms with Gasteiger partial charge in [0.1, 0.15) is 6.23 Å². The van der Waals surface area contributed by atoms with Crippen molar-refractivity contribution in [2.75, 3.05) is 0 Å². The van der Waals surface area contributed by atoms with Crippen molar-refractivity contribution < 1.29 is 4.74 Å². The average Bonchev–Trinajstić information content (AvgIpc) is 2.72. The average molecular weight is 253 g/mol. The molecule has 0 radical (unpaired) electrons. The predicted molar refractivity (Wildman–Crippen MR) is 80.4 cm³/mol. The summed E-state index contributed by atoms with van der Waals surface area (Å²) < 4.78 is 8.26. The monoisotopic (exact) mass is 253 g/mol. The van der Waals surface area contributed by atoms with Crippen LogP contribution in [-0.4, -0.2) is 10.7 Å². The van der Waals surface area contributed by atoms with E-state index in [-0.39, 0.29) is 12.3 Å². The fraction of sp³-hybridized carbons (Fsp3) is 0.294. The lowest BCUT2D eigenvalue weighted by molar-refractivity contribution is -0.0200. The zero-order chi connectivity index (χ0) is 13.4. The molecule has 1 unspecified atom stereocenters. The van der Waals surface area contributed by atoms with Crippen LogP contribution in [0.15, 0.2) is 48.5 Å². The van der Waals surface area contributed by atoms with Crippen LogP contribution in [0.25, 0.3) is 21.8 Å². The van der Waals surface area contributed by atoms with Gasteiger partial charge in [0.15, 0.2) is 0 Å². The first-order valence-corrected chi connectivity index (χ1v) is 6.81. The Morgan fingerprint density at radius 3 is 1.74 bits per heavy atom. The second kappa shape index (κ2) is 4.71. The van der Waals surface area contributed by atoms with E-state index in [9.17, 15) is 0 Å². The van der Waals surface area contributed by atoms with Crippen LogP contribution in [0.2, 0.25) is 0 Å². The molecule has 1 aromatic heterocycles. The minimum Gasteiger partial charge on any atom is -0.356 e. The molecule has 0 aliphatic heterocycles. The second-order valence-corrected chi connectivity index (χ2v) is 5.19. The van der Waals surface area contributed by atoms with Gasteiger partial charge >= 0.3 is 0 Å². The van der Waals surface area contributed by atoms with Crippen LogP contribution < -0.4 is 0 Å². The van der Waals surface area contributed by atoms with E-state index in [1.807, 2.05) is 0 Å². The highest BCUT2D eigenvalue weighted by atomic mass is 16.5. The van der Waals surface area contributed by atoms with E-state index in [2.05, 4.69) is 73.9 Å². The van der Waals surface area contributed by atoms with Gasteiger partial charge < -0.3 is 9.30 Å². The molecule has 1 atom stereocenters. The summed E-state index contributed by atoms with van der Waals surface area (Å²) in [6.45, 7) is 6.26. The maximum atomic E-state index is 5.97. The third-order valence-electron chi connectivity index (χ3n) is 3.45. The maximum Gasteiger partial charge on any atom is 0.132 e. The summed E-state index contributed by atoms with van der Waals surface area (Å²) in [4.78, 5) is 0. The van der Waals surface area contributed by atoms with E-state index in [0.29, 0.717) is 0 Å². The van der Waals surface area contributed by atoms with Crippen LogP contribution in [-0.2, 0) is 4.74 Å². The zero-order valence-corrected chi connectivity index (χ0v) is 11.6. The molecule has 3 rings (SSSR count). The SMILES string of the molecule is CC(C)OC(C)n1c2ccccc2c2ccccc21. The third-order valence-corrected chi connectivity index (χ3v) is 3.45. The van der Waals surface area contributed by atoms with E-state index in [1.165, 1.54) is 21.8 Å². The van der Waals surface area contributed by atoms with Crippen LogP contribution >= 0.6 is 0 Å². The molecule has 0 aliphatic carbocycles. The molecular formula is C17H19NO. The molecule has 2 heteroatoms. The predicted octanol–water partition coefficient (Wildman–Crippen LogP) is 4.74. The number of ether oxygens (including phenoxy) is 1. The smallest absolute Gasteiger partial charge is 0.132 e. The number of hydrogen-bond donors (Lipinski definition) is 0. The molecule has 0 spiro atoms. The standard InChI is InChI=1S/C17H19NO/c1-12(2)19-13(3)18-16-10-6-4-8-14(16)15-9-5-7-11-17(15)18/h4-13H,1-3H3. The number of nitrogens with zero attached hydrogens (tertiary/aromatic N) is 1. The third kappa shape index (κ3) is 2.02. The quantitative estimate of drug-likeness (QED) is 0.657. The summed E-state index contributed by atoms with van der Waals surface area (Å²) in [5, 5.41) is 2.58. The number of fused-ring (bicyclic) bond motifs is 3. The number of hydrogen-bond acceptors (Lipinski definition) is 1. The van der Waals surface area contributed by atoms with Gasteiger partial charge in [-0.1, -0.05) is 36.4 Å². The van der Waals surface area contributed by atoms with Gasteiger partial charge in [-0.2, -0.15) is 0 Å². The molecule has 0 saturated carbocycles. The first kappa shape index (κ1) is 12.2. The van der Waals surface area contributed by atoms with Crippen molar-refractivity contribution in [3.63, 3.8) is 0 Å². The second-order valence-electron chi connectivity index (χ2n) is 5.19. The van der Waals surface area contributed by atoms with Crippen molar-refractivity contribution in [3.05, 3.63) is 48.5 Å². The Bertz CT molecular complexity index is 658. The normalized spacial score (nSPS) is 13.5. The number of rotatable bonds is 3. The molecule has 19 heavy (non-hydrogen) atoms. The molecule has 3 aromatic rings. The summed E-state index contributed by atoms with van der Waals surface area (Å²) in [6.07, 6.45) is 0.250. The summed E-state index contributed by atoms with van der Waals surface area (Å²) in [7, 11) is 0. The maximum absolute atomic E-state index is 5.97. The fourth-order valence-corrected chi connectivity index (χ4v) is 2.80. The van der Waals surface area contributed by atoms with Gasteiger partial charge in [0.05, 0.1) is 17.1 Å². The molecule has 0 fully saturated rings. The van der Waals surface area contributed by atoms with Crippen molar-refractivity contribution >= 4 is 21.8 Å². The Kier molecular flexibility index (Phi) is 3.03. The van der Waals surface area contributed by atoms with Crippen LogP contribution in [0.4, 0.5) is 0 Å². The van der Waals surface area contributed by atoms with E-state index in [4.69, 9.17) is 4.74 Å². The van der Waals surface area contributed by atoms with E-state index in [0.717, 1.165) is 0 Å². The summed E-state index contributed by atoms with van der Waals surface area (Å²) in [6, 6.07) is 17.0. The van der Waals surface area contributed by atoms with Gasteiger partial charge in [-0.25, -0.2) is 0 Å². The van der Waals surface area contributed by atoms with Crippen molar-refractivity contribution in [2.24, 2.45) is 0 Å². The van der Waals surface area contributed by atoms with Crippen molar-refractivity contribution in [1.29, 1.82) is 0 Å². The zero-order valence-electron chi connectivity index (χ0n) is 11.6. The lowest BCUT2D eigenvalue weighted by atomic mass is 10.2. The summed E-state index contributed by atoms with van der Waals surface area (Å²) in [5.74, 6) is 0. The fourth-order valence-electron chi connectivity index (χ4n) is 2.80. The topological polar surface area (TPSA) is 14.2 Å². The van der Waals surface area contributed by atoms with E-state index >= 15 is 0 Å². The van der Waals surface area contributed by atoms with Crippen molar-refractivity contribution in [1.82, 2.24) is 4.57 Å². The van der Waals surface area contributed by atoms with Crippen molar-refractivity contribution in [2.45, 2.75) is 33.1 Å². The molecule has 0 aliphatic rings. The highest BCUT2D eigenvalue weighted by Gasteiger charge is 2.15. The van der Waals surface area contributed by atoms with Gasteiger partial charge in [0.2, 0.25) is 0 Å². The molecule has 2 nitrogen and oxygen atoms in total. The van der Waals surface area contributed by atoms with Crippen molar-refractivity contribution in [3.8, 4) is 0 Å². The van der Waals surface area contributed by atoms with Gasteiger partial charge in [-0.05, 0) is 32.9 Å². The molecular weight excluding hydrogens is 234 g/mol. The van der Waals surface area contributed by atoms with Crippen LogP contribution in [0.3, 0.4) is 0 Å². The summed E-state index contributed by atoms with van der Waals surface area (Å²) >= 11 is 0. The Morgan fingerprint density at radius 2 is 1.26 bits per heavy atom. The minimum absolute atomic E-state index is 0.0322. The van der Waals surface area contributed by atoms with Gasteiger partial charge in [-0.15, -0.1) is 0 Å². The number of para-hydroxylation sites is 2. The lowest BCUT2D eigenvalue weighted by Crippen LogP contribution is -2.13. The lowest BCUT2D eigenvalue weighted by Gasteiger charge is -2.20. The molecule has 0 N–H and O–H groups in total. The Balaban J connectivity index is 2.30. The number of aromatic nitrogens is 1. The Labute approximate surface area is 113 Å². The highest BCUT2D eigenvalue weighted by Crippen LogP contribution is 2.32. The van der Waals surface area contributed by atoms with Crippen LogP contribution in [0, 0.1) is 0 Å².